The molecule has 0 radical (unpaired) electrons. The number of hydrogen-bond acceptors (Lipinski definition) is 5. The standard InChI is InChI=1S/C15H22N4O3/c20-10-11-8-12(21)9-19(11)15(22)17-13-4-3-5-16-14(13)18-6-1-2-7-18/h3-5,11-12,20-21H,1-2,6-10H2,(H,17,22)/t11-,12+/m0/s1. The molecule has 7 heteroatoms. The molecule has 3 heterocycles. The van der Waals surface area contributed by atoms with Gasteiger partial charge in [-0.3, -0.25) is 0 Å². The number of likely N-dealkylation sites (tertiary alicyclic amines) is 1. The van der Waals surface area contributed by atoms with Gasteiger partial charge in [0, 0.05) is 25.8 Å². The highest BCUT2D eigenvalue weighted by Gasteiger charge is 2.34. The second kappa shape index (κ2) is 6.50. The number of pyridine rings is 1. The molecule has 2 saturated heterocycles. The summed E-state index contributed by atoms with van der Waals surface area (Å²) in [4.78, 5) is 20.5. The topological polar surface area (TPSA) is 88.9 Å². The third-order valence-electron chi connectivity index (χ3n) is 4.30. The number of carbonyl (C=O) groups excluding carboxylic acids is 1. The number of aliphatic hydroxyl groups excluding tert-OH is 2. The minimum absolute atomic E-state index is 0.142. The van der Waals surface area contributed by atoms with Crippen LogP contribution in [0.25, 0.3) is 0 Å². The quantitative estimate of drug-likeness (QED) is 0.763. The molecule has 0 aliphatic carbocycles. The molecule has 0 bridgehead atoms. The second-order valence-corrected chi connectivity index (χ2v) is 5.88. The van der Waals surface area contributed by atoms with Crippen LogP contribution >= 0.6 is 0 Å². The highest BCUT2D eigenvalue weighted by Crippen LogP contribution is 2.27. The van der Waals surface area contributed by atoms with E-state index in [4.69, 9.17) is 0 Å². The predicted octanol–water partition coefficient (Wildman–Crippen LogP) is 0.641. The van der Waals surface area contributed by atoms with E-state index in [9.17, 15) is 15.0 Å². The number of nitrogens with zero attached hydrogens (tertiary/aromatic N) is 3. The Balaban J connectivity index is 1.74. The lowest BCUT2D eigenvalue weighted by molar-refractivity contribution is 0.164. The Hall–Kier alpha value is -1.86. The smallest absolute Gasteiger partial charge is 0.322 e. The zero-order valence-corrected chi connectivity index (χ0v) is 12.5. The molecule has 22 heavy (non-hydrogen) atoms. The van der Waals surface area contributed by atoms with Gasteiger partial charge in [-0.1, -0.05) is 0 Å². The van der Waals surface area contributed by atoms with Gasteiger partial charge in [0.05, 0.1) is 24.4 Å². The average molecular weight is 306 g/mol. The summed E-state index contributed by atoms with van der Waals surface area (Å²) < 4.78 is 0. The van der Waals surface area contributed by atoms with Crippen LogP contribution in [0.1, 0.15) is 19.3 Å². The zero-order chi connectivity index (χ0) is 15.5. The summed E-state index contributed by atoms with van der Waals surface area (Å²) in [6.07, 6.45) is 3.83. The fourth-order valence-corrected chi connectivity index (χ4v) is 3.18. The normalized spacial score (nSPS) is 24.8. The van der Waals surface area contributed by atoms with Gasteiger partial charge >= 0.3 is 6.03 Å². The first kappa shape index (κ1) is 15.1. The summed E-state index contributed by atoms with van der Waals surface area (Å²) in [6.45, 7) is 2.00. The number of amides is 2. The largest absolute Gasteiger partial charge is 0.394 e. The van der Waals surface area contributed by atoms with Crippen LogP contribution in [0.3, 0.4) is 0 Å². The van der Waals surface area contributed by atoms with Gasteiger partial charge in [0.2, 0.25) is 0 Å². The fourth-order valence-electron chi connectivity index (χ4n) is 3.18. The molecule has 2 aliphatic heterocycles. The zero-order valence-electron chi connectivity index (χ0n) is 12.5. The van der Waals surface area contributed by atoms with Gasteiger partial charge in [0.25, 0.3) is 0 Å². The molecule has 0 spiro atoms. The summed E-state index contributed by atoms with van der Waals surface area (Å²) in [5.74, 6) is 0.786. The first-order chi connectivity index (χ1) is 10.7. The summed E-state index contributed by atoms with van der Waals surface area (Å²) in [5.41, 5.74) is 0.674. The minimum atomic E-state index is -0.574. The van der Waals surface area contributed by atoms with Crippen molar-refractivity contribution >= 4 is 17.5 Å². The highest BCUT2D eigenvalue weighted by atomic mass is 16.3. The number of hydrogen-bond donors (Lipinski definition) is 3. The Morgan fingerprint density at radius 1 is 1.41 bits per heavy atom. The number of β-amino-alcohol motifs (C(OH)–C–C–N with tert-alkyl or cyclic N) is 1. The monoisotopic (exact) mass is 306 g/mol. The van der Waals surface area contributed by atoms with E-state index in [0.29, 0.717) is 12.1 Å². The van der Waals surface area contributed by atoms with E-state index in [2.05, 4.69) is 15.2 Å². The molecule has 0 unspecified atom stereocenters. The molecular weight excluding hydrogens is 284 g/mol. The first-order valence-corrected chi connectivity index (χ1v) is 7.75. The highest BCUT2D eigenvalue weighted by molar-refractivity contribution is 5.92. The predicted molar refractivity (Wildman–Crippen MR) is 82.9 cm³/mol. The number of nitrogens with one attached hydrogen (secondary N) is 1. The van der Waals surface area contributed by atoms with Crippen molar-refractivity contribution in [3.05, 3.63) is 18.3 Å². The third kappa shape index (κ3) is 3.00. The van der Waals surface area contributed by atoms with Crippen LogP contribution in [-0.2, 0) is 0 Å². The van der Waals surface area contributed by atoms with Crippen LogP contribution in [0.15, 0.2) is 18.3 Å². The molecule has 2 fully saturated rings. The summed E-state index contributed by atoms with van der Waals surface area (Å²) in [7, 11) is 0. The lowest BCUT2D eigenvalue weighted by atomic mass is 10.2. The van der Waals surface area contributed by atoms with Crippen molar-refractivity contribution in [3.8, 4) is 0 Å². The Morgan fingerprint density at radius 3 is 2.91 bits per heavy atom. The second-order valence-electron chi connectivity index (χ2n) is 5.88. The summed E-state index contributed by atoms with van der Waals surface area (Å²) in [5, 5.41) is 21.9. The Labute approximate surface area is 129 Å². The number of rotatable bonds is 3. The SMILES string of the molecule is O=C(Nc1cccnc1N1CCCC1)N1C[C@H](O)C[C@H]1CO. The molecule has 7 nitrogen and oxygen atoms in total. The van der Waals surface area contributed by atoms with E-state index in [1.54, 1.807) is 12.3 Å². The molecule has 3 N–H and O–H groups in total. The van der Waals surface area contributed by atoms with Crippen molar-refractivity contribution in [2.24, 2.45) is 0 Å². The van der Waals surface area contributed by atoms with Crippen molar-refractivity contribution in [2.75, 3.05) is 36.5 Å². The third-order valence-corrected chi connectivity index (χ3v) is 4.30. The van der Waals surface area contributed by atoms with E-state index in [-0.39, 0.29) is 25.2 Å². The van der Waals surface area contributed by atoms with Gasteiger partial charge in [-0.25, -0.2) is 9.78 Å². The van der Waals surface area contributed by atoms with Crippen molar-refractivity contribution < 1.29 is 15.0 Å². The van der Waals surface area contributed by atoms with Gasteiger partial charge in [0.1, 0.15) is 0 Å². The van der Waals surface area contributed by atoms with E-state index >= 15 is 0 Å². The number of carbonyl (C=O) groups is 1. The van der Waals surface area contributed by atoms with E-state index in [1.807, 2.05) is 6.07 Å². The van der Waals surface area contributed by atoms with Crippen LogP contribution in [0, 0.1) is 0 Å². The molecule has 0 aromatic carbocycles. The molecule has 120 valence electrons. The number of urea groups is 1. The van der Waals surface area contributed by atoms with Crippen molar-refractivity contribution in [3.63, 3.8) is 0 Å². The van der Waals surface area contributed by atoms with Gasteiger partial charge in [-0.15, -0.1) is 0 Å². The first-order valence-electron chi connectivity index (χ1n) is 7.75. The molecule has 3 rings (SSSR count). The molecule has 1 aromatic heterocycles. The maximum atomic E-state index is 12.4. The van der Waals surface area contributed by atoms with Crippen LogP contribution < -0.4 is 10.2 Å². The lowest BCUT2D eigenvalue weighted by Gasteiger charge is -2.25. The van der Waals surface area contributed by atoms with Gasteiger partial charge in [-0.2, -0.15) is 0 Å². The average Bonchev–Trinajstić information content (AvgIpc) is 3.17. The summed E-state index contributed by atoms with van der Waals surface area (Å²) >= 11 is 0. The van der Waals surface area contributed by atoms with Gasteiger partial charge in [0.15, 0.2) is 5.82 Å². The molecule has 2 aliphatic rings. The van der Waals surface area contributed by atoms with Crippen LogP contribution in [0.2, 0.25) is 0 Å². The molecule has 1 aromatic rings. The molecule has 0 saturated carbocycles. The molecule has 2 amide bonds. The molecular formula is C15H22N4O3. The maximum absolute atomic E-state index is 12.4. The van der Waals surface area contributed by atoms with E-state index in [0.717, 1.165) is 31.7 Å². The Bertz CT molecular complexity index is 533. The minimum Gasteiger partial charge on any atom is -0.394 e. The van der Waals surface area contributed by atoms with Crippen molar-refractivity contribution in [2.45, 2.75) is 31.4 Å². The van der Waals surface area contributed by atoms with Gasteiger partial charge in [-0.05, 0) is 31.4 Å². The Morgan fingerprint density at radius 2 is 2.18 bits per heavy atom. The van der Waals surface area contributed by atoms with Crippen molar-refractivity contribution in [1.82, 2.24) is 9.88 Å². The Kier molecular flexibility index (Phi) is 4.44. The van der Waals surface area contributed by atoms with Gasteiger partial charge < -0.3 is 25.3 Å². The lowest BCUT2D eigenvalue weighted by Crippen LogP contribution is -2.41. The van der Waals surface area contributed by atoms with E-state index in [1.165, 1.54) is 4.90 Å². The van der Waals surface area contributed by atoms with Crippen molar-refractivity contribution in [1.29, 1.82) is 0 Å². The van der Waals surface area contributed by atoms with Crippen LogP contribution in [0.5, 0.6) is 0 Å². The number of anilines is 2. The van der Waals surface area contributed by atoms with Crippen LogP contribution in [0.4, 0.5) is 16.3 Å². The summed E-state index contributed by atoms with van der Waals surface area (Å²) in [6, 6.07) is 2.99. The van der Waals surface area contributed by atoms with E-state index < -0.39 is 6.10 Å². The fraction of sp³-hybridized carbons (Fsp3) is 0.600. The molecule has 2 atom stereocenters. The maximum Gasteiger partial charge on any atom is 0.322 e. The van der Waals surface area contributed by atoms with Crippen LogP contribution in [-0.4, -0.2) is 64.5 Å². The number of aliphatic hydroxyl groups is 2. The number of aromatic nitrogens is 1.